The molecule has 0 fully saturated rings. The zero-order chi connectivity index (χ0) is 14.3. The molecule has 0 aliphatic heterocycles. The molecular formula is C18H25N. The fraction of sp³-hybridized carbons (Fsp3) is 0.500. The van der Waals surface area contributed by atoms with E-state index in [1.165, 1.54) is 42.4 Å². The van der Waals surface area contributed by atoms with Crippen molar-refractivity contribution in [2.45, 2.75) is 59.8 Å². The summed E-state index contributed by atoms with van der Waals surface area (Å²) in [7, 11) is 0. The SMILES string of the molecule is CCCC(CCC)=C(CC)c1ccc(C#N)cc1C. The van der Waals surface area contributed by atoms with Crippen molar-refractivity contribution in [3.05, 3.63) is 40.5 Å². The van der Waals surface area contributed by atoms with Gasteiger partial charge in [-0.05, 0) is 55.0 Å². The van der Waals surface area contributed by atoms with Gasteiger partial charge in [-0.1, -0.05) is 45.3 Å². The lowest BCUT2D eigenvalue weighted by Gasteiger charge is -2.16. The lowest BCUT2D eigenvalue weighted by atomic mass is 9.89. The van der Waals surface area contributed by atoms with Crippen LogP contribution in [0.25, 0.3) is 5.57 Å². The van der Waals surface area contributed by atoms with Crippen LogP contribution in [0.4, 0.5) is 0 Å². The first-order chi connectivity index (χ1) is 9.17. The first-order valence-corrected chi connectivity index (χ1v) is 7.39. The van der Waals surface area contributed by atoms with Crippen molar-refractivity contribution in [1.29, 1.82) is 5.26 Å². The maximum absolute atomic E-state index is 8.96. The third-order valence-electron chi connectivity index (χ3n) is 3.56. The van der Waals surface area contributed by atoms with E-state index < -0.39 is 0 Å². The average molecular weight is 255 g/mol. The maximum Gasteiger partial charge on any atom is 0.0991 e. The van der Waals surface area contributed by atoms with Gasteiger partial charge in [0.05, 0.1) is 11.6 Å². The molecule has 0 aliphatic carbocycles. The highest BCUT2D eigenvalue weighted by molar-refractivity contribution is 5.71. The second kappa shape index (κ2) is 7.79. The van der Waals surface area contributed by atoms with Crippen LogP contribution in [0.15, 0.2) is 23.8 Å². The molecule has 0 heterocycles. The Morgan fingerprint density at radius 3 is 2.16 bits per heavy atom. The molecule has 1 aromatic carbocycles. The maximum atomic E-state index is 8.96. The Morgan fingerprint density at radius 2 is 1.74 bits per heavy atom. The monoisotopic (exact) mass is 255 g/mol. The minimum Gasteiger partial charge on any atom is -0.192 e. The first kappa shape index (κ1) is 15.5. The molecule has 0 unspecified atom stereocenters. The zero-order valence-corrected chi connectivity index (χ0v) is 12.7. The quantitative estimate of drug-likeness (QED) is 0.646. The summed E-state index contributed by atoms with van der Waals surface area (Å²) < 4.78 is 0. The van der Waals surface area contributed by atoms with E-state index in [-0.39, 0.29) is 0 Å². The standard InChI is InChI=1S/C18H25N/c1-5-8-16(9-6-2)17(7-3)18-11-10-15(13-19)12-14(18)4/h10-12H,5-9H2,1-4H3. The predicted octanol–water partition coefficient (Wildman–Crippen LogP) is 5.63. The van der Waals surface area contributed by atoms with Gasteiger partial charge in [0, 0.05) is 0 Å². The second-order valence-corrected chi connectivity index (χ2v) is 5.08. The smallest absolute Gasteiger partial charge is 0.0991 e. The Kier molecular flexibility index (Phi) is 6.36. The highest BCUT2D eigenvalue weighted by Crippen LogP contribution is 2.30. The van der Waals surface area contributed by atoms with Gasteiger partial charge < -0.3 is 0 Å². The van der Waals surface area contributed by atoms with Crippen LogP contribution in [0.5, 0.6) is 0 Å². The summed E-state index contributed by atoms with van der Waals surface area (Å²) in [5.74, 6) is 0. The summed E-state index contributed by atoms with van der Waals surface area (Å²) >= 11 is 0. The van der Waals surface area contributed by atoms with Crippen LogP contribution in [0.1, 0.15) is 69.6 Å². The Balaban J connectivity index is 3.28. The van der Waals surface area contributed by atoms with Crippen molar-refractivity contribution in [2.24, 2.45) is 0 Å². The fourth-order valence-electron chi connectivity index (χ4n) is 2.73. The summed E-state index contributed by atoms with van der Waals surface area (Å²) in [6.45, 7) is 8.84. The Bertz CT molecular complexity index is 481. The molecule has 19 heavy (non-hydrogen) atoms. The molecule has 1 rings (SSSR count). The number of allylic oxidation sites excluding steroid dienone is 2. The average Bonchev–Trinajstić information content (AvgIpc) is 2.41. The van der Waals surface area contributed by atoms with Gasteiger partial charge in [0.2, 0.25) is 0 Å². The second-order valence-electron chi connectivity index (χ2n) is 5.08. The lowest BCUT2D eigenvalue weighted by Crippen LogP contribution is -1.96. The zero-order valence-electron chi connectivity index (χ0n) is 12.7. The molecule has 1 nitrogen and oxygen atoms in total. The summed E-state index contributed by atoms with van der Waals surface area (Å²) in [5, 5.41) is 8.96. The van der Waals surface area contributed by atoms with Crippen molar-refractivity contribution in [2.75, 3.05) is 0 Å². The molecule has 0 saturated carbocycles. The molecule has 0 saturated heterocycles. The van der Waals surface area contributed by atoms with Gasteiger partial charge in [0.25, 0.3) is 0 Å². The minimum absolute atomic E-state index is 0.754. The Labute approximate surface area is 118 Å². The van der Waals surface area contributed by atoms with Crippen molar-refractivity contribution in [3.8, 4) is 6.07 Å². The third-order valence-corrected chi connectivity index (χ3v) is 3.56. The number of nitriles is 1. The van der Waals surface area contributed by atoms with Gasteiger partial charge in [0.15, 0.2) is 0 Å². The van der Waals surface area contributed by atoms with Gasteiger partial charge in [-0.15, -0.1) is 0 Å². The molecular weight excluding hydrogens is 230 g/mol. The number of aryl methyl sites for hydroxylation is 1. The van der Waals surface area contributed by atoms with Crippen LogP contribution in [-0.2, 0) is 0 Å². The van der Waals surface area contributed by atoms with Gasteiger partial charge in [0.1, 0.15) is 0 Å². The summed E-state index contributed by atoms with van der Waals surface area (Å²) in [5.41, 5.74) is 6.40. The molecule has 0 aromatic heterocycles. The molecule has 102 valence electrons. The van der Waals surface area contributed by atoms with E-state index in [0.717, 1.165) is 12.0 Å². The van der Waals surface area contributed by atoms with Crippen LogP contribution >= 0.6 is 0 Å². The van der Waals surface area contributed by atoms with Gasteiger partial charge >= 0.3 is 0 Å². The first-order valence-electron chi connectivity index (χ1n) is 7.39. The molecule has 0 amide bonds. The summed E-state index contributed by atoms with van der Waals surface area (Å²) in [4.78, 5) is 0. The predicted molar refractivity (Wildman–Crippen MR) is 82.9 cm³/mol. The Morgan fingerprint density at radius 1 is 1.11 bits per heavy atom. The number of hydrogen-bond donors (Lipinski definition) is 0. The number of nitrogens with zero attached hydrogens (tertiary/aromatic N) is 1. The van der Waals surface area contributed by atoms with Crippen LogP contribution in [0.2, 0.25) is 0 Å². The van der Waals surface area contributed by atoms with Gasteiger partial charge in [-0.25, -0.2) is 0 Å². The highest BCUT2D eigenvalue weighted by Gasteiger charge is 2.09. The molecule has 0 radical (unpaired) electrons. The van der Waals surface area contributed by atoms with E-state index in [2.05, 4.69) is 39.8 Å². The van der Waals surface area contributed by atoms with Crippen LogP contribution in [-0.4, -0.2) is 0 Å². The Hall–Kier alpha value is -1.55. The number of rotatable bonds is 6. The number of benzene rings is 1. The molecule has 0 atom stereocenters. The largest absolute Gasteiger partial charge is 0.192 e. The minimum atomic E-state index is 0.754. The molecule has 1 heteroatoms. The lowest BCUT2D eigenvalue weighted by molar-refractivity contribution is 0.801. The molecule has 0 N–H and O–H groups in total. The topological polar surface area (TPSA) is 23.8 Å². The van der Waals surface area contributed by atoms with E-state index in [9.17, 15) is 0 Å². The number of hydrogen-bond acceptors (Lipinski definition) is 1. The molecule has 0 bridgehead atoms. The van der Waals surface area contributed by atoms with Crippen LogP contribution in [0, 0.1) is 18.3 Å². The summed E-state index contributed by atoms with van der Waals surface area (Å²) in [6, 6.07) is 8.28. The van der Waals surface area contributed by atoms with Gasteiger partial charge in [-0.2, -0.15) is 5.26 Å². The van der Waals surface area contributed by atoms with Crippen molar-refractivity contribution in [3.63, 3.8) is 0 Å². The van der Waals surface area contributed by atoms with Crippen molar-refractivity contribution >= 4 is 5.57 Å². The normalized spacial score (nSPS) is 10.1. The van der Waals surface area contributed by atoms with Gasteiger partial charge in [-0.3, -0.25) is 0 Å². The van der Waals surface area contributed by atoms with E-state index >= 15 is 0 Å². The molecule has 1 aromatic rings. The summed E-state index contributed by atoms with van der Waals surface area (Å²) in [6.07, 6.45) is 5.86. The van der Waals surface area contributed by atoms with Crippen molar-refractivity contribution in [1.82, 2.24) is 0 Å². The third kappa shape index (κ3) is 3.96. The van der Waals surface area contributed by atoms with E-state index in [4.69, 9.17) is 5.26 Å². The van der Waals surface area contributed by atoms with Crippen LogP contribution < -0.4 is 0 Å². The molecule has 0 spiro atoms. The fourth-order valence-corrected chi connectivity index (χ4v) is 2.73. The van der Waals surface area contributed by atoms with Crippen LogP contribution in [0.3, 0.4) is 0 Å². The van der Waals surface area contributed by atoms with E-state index in [1.807, 2.05) is 12.1 Å². The van der Waals surface area contributed by atoms with E-state index in [1.54, 1.807) is 5.57 Å². The highest BCUT2D eigenvalue weighted by atomic mass is 14.2. The molecule has 0 aliphatic rings. The van der Waals surface area contributed by atoms with E-state index in [0.29, 0.717) is 0 Å². The van der Waals surface area contributed by atoms with Crippen molar-refractivity contribution < 1.29 is 0 Å².